The number of halogens is 1. The molecule has 1 aromatic heterocycles. The van der Waals surface area contributed by atoms with E-state index in [1.54, 1.807) is 6.92 Å². The Morgan fingerprint density at radius 2 is 2.06 bits per heavy atom. The van der Waals surface area contributed by atoms with Crippen molar-refractivity contribution in [2.75, 3.05) is 19.6 Å². The van der Waals surface area contributed by atoms with Gasteiger partial charge >= 0.3 is 0 Å². The zero-order chi connectivity index (χ0) is 12.0. The van der Waals surface area contributed by atoms with Crippen molar-refractivity contribution < 1.29 is 8.42 Å². The van der Waals surface area contributed by atoms with E-state index in [1.807, 2.05) is 0 Å². The van der Waals surface area contributed by atoms with E-state index in [9.17, 15) is 8.42 Å². The summed E-state index contributed by atoms with van der Waals surface area (Å²) >= 11 is 1.18. The van der Waals surface area contributed by atoms with Gasteiger partial charge in [0.2, 0.25) is 0 Å². The van der Waals surface area contributed by atoms with Gasteiger partial charge in [0.05, 0.1) is 11.2 Å². The van der Waals surface area contributed by atoms with Crippen LogP contribution in [0, 0.1) is 6.92 Å². The summed E-state index contributed by atoms with van der Waals surface area (Å²) in [4.78, 5) is 3.92. The van der Waals surface area contributed by atoms with Crippen molar-refractivity contribution >= 4 is 33.8 Å². The van der Waals surface area contributed by atoms with E-state index in [0.717, 1.165) is 18.0 Å². The monoisotopic (exact) mass is 299 g/mol. The van der Waals surface area contributed by atoms with E-state index < -0.39 is 10.0 Å². The summed E-state index contributed by atoms with van der Waals surface area (Å²) in [6.45, 7) is 5.80. The minimum absolute atomic E-state index is 0. The summed E-state index contributed by atoms with van der Waals surface area (Å²) in [6.07, 6.45) is 2.43. The molecule has 0 radical (unpaired) electrons. The Balaban J connectivity index is 0.00000256. The predicted octanol–water partition coefficient (Wildman–Crippen LogP) is 1.15. The molecule has 1 heterocycles. The Kier molecular flexibility index (Phi) is 7.89. The maximum absolute atomic E-state index is 11.7. The smallest absolute Gasteiger partial charge is 0.251 e. The van der Waals surface area contributed by atoms with Crippen molar-refractivity contribution in [3.05, 3.63) is 11.2 Å². The molecule has 0 aliphatic heterocycles. The van der Waals surface area contributed by atoms with Crippen molar-refractivity contribution in [1.29, 1.82) is 0 Å². The van der Waals surface area contributed by atoms with Gasteiger partial charge in [-0.25, -0.2) is 18.1 Å². The van der Waals surface area contributed by atoms with Crippen LogP contribution in [0.2, 0.25) is 0 Å². The Hall–Kier alpha value is -0.210. The fourth-order valence-electron chi connectivity index (χ4n) is 1.11. The number of sulfonamides is 1. The number of thiazole rings is 1. The van der Waals surface area contributed by atoms with Crippen molar-refractivity contribution in [3.8, 4) is 0 Å². The second-order valence-electron chi connectivity index (χ2n) is 3.35. The highest BCUT2D eigenvalue weighted by molar-refractivity contribution is 7.91. The topological polar surface area (TPSA) is 71.1 Å². The van der Waals surface area contributed by atoms with Crippen LogP contribution in [0.4, 0.5) is 0 Å². The van der Waals surface area contributed by atoms with Crippen molar-refractivity contribution in [2.24, 2.45) is 0 Å². The van der Waals surface area contributed by atoms with Crippen molar-refractivity contribution in [3.63, 3.8) is 0 Å². The minimum Gasteiger partial charge on any atom is -0.315 e. The van der Waals surface area contributed by atoms with Gasteiger partial charge in [-0.1, -0.05) is 6.92 Å². The molecule has 0 amide bonds. The van der Waals surface area contributed by atoms with E-state index >= 15 is 0 Å². The first-order chi connectivity index (χ1) is 7.56. The van der Waals surface area contributed by atoms with Gasteiger partial charge in [0.1, 0.15) is 0 Å². The molecule has 0 aliphatic rings. The van der Waals surface area contributed by atoms with Crippen molar-refractivity contribution in [1.82, 2.24) is 15.0 Å². The molecule has 0 saturated heterocycles. The van der Waals surface area contributed by atoms with Gasteiger partial charge in [0.15, 0.2) is 4.21 Å². The van der Waals surface area contributed by atoms with Crippen LogP contribution in [0.5, 0.6) is 0 Å². The molecular weight excluding hydrogens is 282 g/mol. The van der Waals surface area contributed by atoms with Crippen LogP contribution in [0.3, 0.4) is 0 Å². The van der Waals surface area contributed by atoms with E-state index in [-0.39, 0.29) is 16.6 Å². The predicted molar refractivity (Wildman–Crippen MR) is 72.4 cm³/mol. The SMILES string of the molecule is CCCNCCNS(=O)(=O)c1cnc(C)s1.Cl. The van der Waals surface area contributed by atoms with Gasteiger partial charge in [-0.15, -0.1) is 23.7 Å². The fraction of sp³-hybridized carbons (Fsp3) is 0.667. The summed E-state index contributed by atoms with van der Waals surface area (Å²) < 4.78 is 26.2. The Morgan fingerprint density at radius 1 is 1.35 bits per heavy atom. The molecule has 0 aromatic carbocycles. The summed E-state index contributed by atoms with van der Waals surface area (Å²) in [6, 6.07) is 0. The van der Waals surface area contributed by atoms with Gasteiger partial charge < -0.3 is 5.32 Å². The number of hydrogen-bond donors (Lipinski definition) is 2. The van der Waals surface area contributed by atoms with Crippen LogP contribution in [0.15, 0.2) is 10.4 Å². The molecule has 0 saturated carbocycles. The van der Waals surface area contributed by atoms with Crippen LogP contribution in [-0.4, -0.2) is 33.0 Å². The van der Waals surface area contributed by atoms with Crippen LogP contribution in [0.25, 0.3) is 0 Å². The first-order valence-electron chi connectivity index (χ1n) is 5.19. The average Bonchev–Trinajstić information content (AvgIpc) is 2.65. The van der Waals surface area contributed by atoms with Gasteiger partial charge in [-0.05, 0) is 19.9 Å². The van der Waals surface area contributed by atoms with Gasteiger partial charge in [0.25, 0.3) is 10.0 Å². The zero-order valence-electron chi connectivity index (χ0n) is 9.89. The molecule has 1 aromatic rings. The molecule has 0 fully saturated rings. The molecule has 0 aliphatic carbocycles. The lowest BCUT2D eigenvalue weighted by Gasteiger charge is -2.04. The highest BCUT2D eigenvalue weighted by Gasteiger charge is 2.15. The molecule has 0 atom stereocenters. The Bertz CT molecular complexity index is 420. The third kappa shape index (κ3) is 5.78. The highest BCUT2D eigenvalue weighted by atomic mass is 35.5. The summed E-state index contributed by atoms with van der Waals surface area (Å²) in [5.41, 5.74) is 0. The number of nitrogens with one attached hydrogen (secondary N) is 2. The number of rotatable bonds is 7. The first kappa shape index (κ1) is 16.8. The quantitative estimate of drug-likeness (QED) is 0.741. The molecule has 17 heavy (non-hydrogen) atoms. The largest absolute Gasteiger partial charge is 0.315 e. The Labute approximate surface area is 112 Å². The van der Waals surface area contributed by atoms with Gasteiger partial charge in [0, 0.05) is 13.1 Å². The summed E-state index contributed by atoms with van der Waals surface area (Å²) in [7, 11) is -3.36. The molecular formula is C9H18ClN3O2S2. The molecule has 0 unspecified atom stereocenters. The number of aryl methyl sites for hydroxylation is 1. The highest BCUT2D eigenvalue weighted by Crippen LogP contribution is 2.16. The fourth-order valence-corrected chi connectivity index (χ4v) is 3.30. The lowest BCUT2D eigenvalue weighted by atomic mass is 10.5. The first-order valence-corrected chi connectivity index (χ1v) is 7.49. The van der Waals surface area contributed by atoms with Crippen molar-refractivity contribution in [2.45, 2.75) is 24.5 Å². The normalized spacial score (nSPS) is 11.2. The molecule has 100 valence electrons. The molecule has 2 N–H and O–H groups in total. The molecule has 0 bridgehead atoms. The maximum atomic E-state index is 11.7. The van der Waals surface area contributed by atoms with Crippen LogP contribution < -0.4 is 10.0 Å². The molecule has 0 spiro atoms. The zero-order valence-corrected chi connectivity index (χ0v) is 12.3. The van der Waals surface area contributed by atoms with E-state index in [4.69, 9.17) is 0 Å². The summed E-state index contributed by atoms with van der Waals surface area (Å²) in [5, 5.41) is 3.88. The molecule has 5 nitrogen and oxygen atoms in total. The lowest BCUT2D eigenvalue weighted by molar-refractivity contribution is 0.577. The number of hydrogen-bond acceptors (Lipinski definition) is 5. The van der Waals surface area contributed by atoms with Crippen LogP contribution in [0.1, 0.15) is 18.4 Å². The van der Waals surface area contributed by atoms with Gasteiger partial charge in [-0.2, -0.15) is 0 Å². The molecule has 8 heteroatoms. The maximum Gasteiger partial charge on any atom is 0.251 e. The van der Waals surface area contributed by atoms with E-state index in [2.05, 4.69) is 21.9 Å². The lowest BCUT2D eigenvalue weighted by Crippen LogP contribution is -2.31. The standard InChI is InChI=1S/C9H17N3O2S2.ClH/c1-3-4-10-5-6-12-16(13,14)9-7-11-8(2)15-9;/h7,10,12H,3-6H2,1-2H3;1H. The Morgan fingerprint density at radius 3 is 2.59 bits per heavy atom. The second kappa shape index (κ2) is 7.99. The van der Waals surface area contributed by atoms with E-state index in [1.165, 1.54) is 17.5 Å². The third-order valence-electron chi connectivity index (χ3n) is 1.89. The molecule has 1 rings (SSSR count). The number of aromatic nitrogens is 1. The minimum atomic E-state index is -3.36. The van der Waals surface area contributed by atoms with E-state index in [0.29, 0.717) is 13.1 Å². The number of nitrogens with zero attached hydrogens (tertiary/aromatic N) is 1. The van der Waals surface area contributed by atoms with Crippen LogP contribution in [-0.2, 0) is 10.0 Å². The second-order valence-corrected chi connectivity index (χ2v) is 6.57. The van der Waals surface area contributed by atoms with Gasteiger partial charge in [-0.3, -0.25) is 0 Å². The average molecular weight is 300 g/mol. The third-order valence-corrected chi connectivity index (χ3v) is 4.72. The summed E-state index contributed by atoms with van der Waals surface area (Å²) in [5.74, 6) is 0. The van der Waals surface area contributed by atoms with Crippen LogP contribution >= 0.6 is 23.7 Å².